The van der Waals surface area contributed by atoms with Gasteiger partial charge in [-0.25, -0.2) is 8.78 Å². The van der Waals surface area contributed by atoms with Gasteiger partial charge >= 0.3 is 12.4 Å². The van der Waals surface area contributed by atoms with Crippen molar-refractivity contribution < 1.29 is 39.9 Å². The van der Waals surface area contributed by atoms with Gasteiger partial charge in [0.1, 0.15) is 7.85 Å². The van der Waals surface area contributed by atoms with Crippen LogP contribution in [0, 0.1) is 0 Å². The summed E-state index contributed by atoms with van der Waals surface area (Å²) in [7, 11) is 5.75. The van der Waals surface area contributed by atoms with Gasteiger partial charge < -0.3 is 0 Å². The number of allylic oxidation sites excluding steroid dienone is 8. The molecule has 0 aromatic heterocycles. The van der Waals surface area contributed by atoms with Crippen LogP contribution in [0.5, 0.6) is 0 Å². The first kappa shape index (κ1) is 28.1. The van der Waals surface area contributed by atoms with Gasteiger partial charge in [0, 0.05) is 19.3 Å². The molecule has 0 atom stereocenters. The molecule has 0 saturated carbocycles. The van der Waals surface area contributed by atoms with Crippen LogP contribution in [-0.4, -0.2) is 19.6 Å². The highest BCUT2D eigenvalue weighted by molar-refractivity contribution is 6.25. The lowest BCUT2D eigenvalue weighted by atomic mass is 9.91. The number of carbonyl (C=O) groups is 1. The number of halogens is 8. The smallest absolute Gasteiger partial charge is 0.295 e. The zero-order valence-electron chi connectivity index (χ0n) is 18.5. The molecule has 0 amide bonds. The number of carbonyl (C=O) groups excluding carboxylic acids is 1. The molecular weight excluding hydrogens is 479 g/mol. The number of rotatable bonds is 7. The van der Waals surface area contributed by atoms with Crippen molar-refractivity contribution in [2.24, 2.45) is 0 Å². The van der Waals surface area contributed by atoms with Gasteiger partial charge in [0.05, 0.1) is 11.1 Å². The molecule has 184 valence electrons. The third-order valence-corrected chi connectivity index (χ3v) is 4.83. The minimum Gasteiger partial charge on any atom is -0.295 e. The molecule has 1 aliphatic carbocycles. The Labute approximate surface area is 198 Å². The summed E-state index contributed by atoms with van der Waals surface area (Å²) in [6.45, 7) is 5.05. The molecule has 0 unspecified atom stereocenters. The van der Waals surface area contributed by atoms with E-state index in [2.05, 4.69) is 12.3 Å². The highest BCUT2D eigenvalue weighted by Gasteiger charge is 2.37. The standard InChI is InChI=1S/C25H19BF8O/c1-15(8-21(26)13-22(35)9-17-6-7-23(27,28)14-17)4-3-5-16(2)18-10-19(24(29,30)31)12-20(11-18)25(32,33)34/h4-6,8,10-13H,2,7,9,14H2,1H3/b15-8-,21-13+. The maximum Gasteiger partial charge on any atom is 0.416 e. The van der Waals surface area contributed by atoms with E-state index in [9.17, 15) is 39.9 Å². The Balaban J connectivity index is 2.14. The zero-order valence-corrected chi connectivity index (χ0v) is 18.5. The molecule has 1 aromatic rings. The van der Waals surface area contributed by atoms with E-state index in [0.29, 0.717) is 23.3 Å². The number of hydrogen-bond donors (Lipinski definition) is 0. The Kier molecular flexibility index (Phi) is 8.55. The molecule has 0 saturated heterocycles. The first-order valence-electron chi connectivity index (χ1n) is 10.1. The normalized spacial score (nSPS) is 16.4. The van der Waals surface area contributed by atoms with E-state index in [1.54, 1.807) is 6.92 Å². The summed E-state index contributed by atoms with van der Waals surface area (Å²) >= 11 is 0. The Bertz CT molecular complexity index is 1120. The van der Waals surface area contributed by atoms with E-state index in [4.69, 9.17) is 7.85 Å². The molecule has 0 aliphatic heterocycles. The summed E-state index contributed by atoms with van der Waals surface area (Å²) in [5.74, 6) is -3.31. The summed E-state index contributed by atoms with van der Waals surface area (Å²) in [4.78, 5) is 12.0. The lowest BCUT2D eigenvalue weighted by Crippen LogP contribution is -2.11. The fourth-order valence-corrected chi connectivity index (χ4v) is 3.21. The zero-order chi connectivity index (χ0) is 26.6. The monoisotopic (exact) mass is 498 g/mol. The Morgan fingerprint density at radius 2 is 1.63 bits per heavy atom. The second-order valence-electron chi connectivity index (χ2n) is 8.05. The number of alkyl halides is 8. The van der Waals surface area contributed by atoms with Crippen LogP contribution < -0.4 is 0 Å². The summed E-state index contributed by atoms with van der Waals surface area (Å²) in [6, 6.07) is 1.13. The average molecular weight is 498 g/mol. The fourth-order valence-electron chi connectivity index (χ4n) is 3.21. The second-order valence-corrected chi connectivity index (χ2v) is 8.05. The summed E-state index contributed by atoms with van der Waals surface area (Å²) in [5, 5.41) is 0. The van der Waals surface area contributed by atoms with Crippen LogP contribution in [0.25, 0.3) is 5.57 Å². The molecule has 35 heavy (non-hydrogen) atoms. The summed E-state index contributed by atoms with van der Waals surface area (Å²) in [6.07, 6.45) is -4.83. The fraction of sp³-hybridized carbons (Fsp3) is 0.280. The maximum atomic E-state index is 13.2. The van der Waals surface area contributed by atoms with Crippen LogP contribution in [0.15, 0.2) is 77.5 Å². The van der Waals surface area contributed by atoms with E-state index < -0.39 is 48.0 Å². The first-order chi connectivity index (χ1) is 16.0. The van der Waals surface area contributed by atoms with Crippen LogP contribution in [0.2, 0.25) is 0 Å². The van der Waals surface area contributed by atoms with Crippen LogP contribution >= 0.6 is 0 Å². The molecule has 10 heteroatoms. The molecule has 1 aromatic carbocycles. The van der Waals surface area contributed by atoms with Gasteiger partial charge in [-0.1, -0.05) is 29.8 Å². The van der Waals surface area contributed by atoms with E-state index in [0.717, 1.165) is 12.2 Å². The minimum absolute atomic E-state index is 0.0222. The Hall–Kier alpha value is -3.13. The molecule has 0 N–H and O–H groups in total. The van der Waals surface area contributed by atoms with Crippen molar-refractivity contribution >= 4 is 19.2 Å². The first-order valence-corrected chi connectivity index (χ1v) is 10.1. The van der Waals surface area contributed by atoms with E-state index in [1.165, 1.54) is 18.2 Å². The Morgan fingerprint density at radius 3 is 2.11 bits per heavy atom. The molecule has 0 bridgehead atoms. The van der Waals surface area contributed by atoms with Gasteiger partial charge in [0.15, 0.2) is 5.78 Å². The van der Waals surface area contributed by atoms with Crippen LogP contribution in [0.1, 0.15) is 42.9 Å². The minimum atomic E-state index is -4.98. The van der Waals surface area contributed by atoms with Crippen molar-refractivity contribution in [1.29, 1.82) is 0 Å². The van der Waals surface area contributed by atoms with Crippen molar-refractivity contribution in [1.82, 2.24) is 0 Å². The van der Waals surface area contributed by atoms with Crippen LogP contribution in [0.4, 0.5) is 35.1 Å². The van der Waals surface area contributed by atoms with Gasteiger partial charge in [0.2, 0.25) is 0 Å². The topological polar surface area (TPSA) is 17.1 Å². The predicted octanol–water partition coefficient (Wildman–Crippen LogP) is 7.76. The van der Waals surface area contributed by atoms with Crippen LogP contribution in [-0.2, 0) is 17.1 Å². The number of hydrogen-bond acceptors (Lipinski definition) is 1. The second kappa shape index (κ2) is 10.6. The van der Waals surface area contributed by atoms with E-state index in [-0.39, 0.29) is 29.1 Å². The maximum absolute atomic E-state index is 13.2. The van der Waals surface area contributed by atoms with Gasteiger partial charge in [-0.3, -0.25) is 4.79 Å². The van der Waals surface area contributed by atoms with Crippen molar-refractivity contribution in [3.63, 3.8) is 0 Å². The number of benzene rings is 1. The van der Waals surface area contributed by atoms with Crippen molar-refractivity contribution in [2.75, 3.05) is 0 Å². The number of ketones is 1. The third kappa shape index (κ3) is 8.87. The highest BCUT2D eigenvalue weighted by atomic mass is 19.4. The van der Waals surface area contributed by atoms with Crippen LogP contribution in [0.3, 0.4) is 0 Å². The molecule has 0 spiro atoms. The summed E-state index contributed by atoms with van der Waals surface area (Å²) < 4.78 is 104. The predicted molar refractivity (Wildman–Crippen MR) is 118 cm³/mol. The van der Waals surface area contributed by atoms with Crippen molar-refractivity contribution in [3.8, 4) is 0 Å². The summed E-state index contributed by atoms with van der Waals surface area (Å²) in [5.41, 5.74) is -0.0627. The molecule has 0 heterocycles. The SMILES string of the molecule is [B]C(/C=C(/C)C=C=CC(=C)c1cc(C(F)(F)F)cc(C(F)(F)F)c1)=C/C(=O)CC1=CCC(F)(F)C1. The molecular formula is C25H19BF8O. The molecule has 1 aliphatic rings. The van der Waals surface area contributed by atoms with Crippen molar-refractivity contribution in [2.45, 2.75) is 44.5 Å². The molecule has 2 rings (SSSR count). The quantitative estimate of drug-likeness (QED) is 0.0938. The molecule has 1 nitrogen and oxygen atoms in total. The van der Waals surface area contributed by atoms with Gasteiger partial charge in [-0.2, -0.15) is 26.3 Å². The van der Waals surface area contributed by atoms with Crippen molar-refractivity contribution in [3.05, 3.63) is 94.2 Å². The lowest BCUT2D eigenvalue weighted by molar-refractivity contribution is -0.143. The van der Waals surface area contributed by atoms with Gasteiger partial charge in [-0.15, -0.1) is 5.73 Å². The van der Waals surface area contributed by atoms with E-state index >= 15 is 0 Å². The van der Waals surface area contributed by atoms with Gasteiger partial charge in [-0.05, 0) is 60.1 Å². The lowest BCUT2D eigenvalue weighted by Gasteiger charge is -2.14. The average Bonchev–Trinajstić information content (AvgIpc) is 3.03. The largest absolute Gasteiger partial charge is 0.416 e. The van der Waals surface area contributed by atoms with E-state index in [1.807, 2.05) is 0 Å². The third-order valence-electron chi connectivity index (χ3n) is 4.83. The molecule has 0 fully saturated rings. The Morgan fingerprint density at radius 1 is 1.06 bits per heavy atom. The highest BCUT2D eigenvalue weighted by Crippen LogP contribution is 2.38. The van der Waals surface area contributed by atoms with Gasteiger partial charge in [0.25, 0.3) is 5.92 Å². The molecule has 2 radical (unpaired) electrons.